The Balaban J connectivity index is 0.840. The number of benzene rings is 2. The Kier molecular flexibility index (Phi) is 10.1. The molecule has 13 nitrogen and oxygen atoms in total. The molecule has 8 rings (SSSR count). The van der Waals surface area contributed by atoms with Crippen molar-refractivity contribution in [2.45, 2.75) is 37.3 Å². The fourth-order valence-corrected chi connectivity index (χ4v) is 9.34. The van der Waals surface area contributed by atoms with Gasteiger partial charge >= 0.3 is 5.97 Å². The summed E-state index contributed by atoms with van der Waals surface area (Å²) < 4.78 is 14.0. The first kappa shape index (κ1) is 35.5. The molecule has 3 atom stereocenters. The highest BCUT2D eigenvalue weighted by atomic mass is 32.1. The highest BCUT2D eigenvalue weighted by Gasteiger charge is 2.49. The average molecular weight is 757 g/mol. The van der Waals surface area contributed by atoms with E-state index in [9.17, 15) is 24.9 Å². The number of hydrogen-bond acceptors (Lipinski definition) is 13. The van der Waals surface area contributed by atoms with Crippen molar-refractivity contribution in [3.63, 3.8) is 0 Å². The minimum Gasteiger partial charge on any atom is -0.506 e. The molecular formula is C38H40N6O7S2. The lowest BCUT2D eigenvalue weighted by Gasteiger charge is -2.46. The molecule has 2 aliphatic heterocycles. The molecular weight excluding hydrogens is 717 g/mol. The number of phenols is 1. The van der Waals surface area contributed by atoms with Crippen LogP contribution < -0.4 is 10.9 Å². The molecule has 0 radical (unpaired) electrons. The van der Waals surface area contributed by atoms with Crippen molar-refractivity contribution in [3.05, 3.63) is 109 Å². The number of ether oxygens (including phenoxy) is 2. The van der Waals surface area contributed by atoms with Crippen LogP contribution in [0.5, 0.6) is 5.75 Å². The van der Waals surface area contributed by atoms with Gasteiger partial charge in [0.2, 0.25) is 11.2 Å². The van der Waals surface area contributed by atoms with Crippen molar-refractivity contribution in [3.8, 4) is 5.75 Å². The van der Waals surface area contributed by atoms with Crippen molar-refractivity contribution in [2.24, 2.45) is 11.8 Å². The van der Waals surface area contributed by atoms with Crippen molar-refractivity contribution < 1.29 is 29.6 Å². The van der Waals surface area contributed by atoms with Gasteiger partial charge in [0.1, 0.15) is 17.4 Å². The molecule has 0 amide bonds. The summed E-state index contributed by atoms with van der Waals surface area (Å²) in [6.07, 6.45) is -0.320. The Morgan fingerprint density at radius 1 is 1.04 bits per heavy atom. The number of nitrogens with one attached hydrogen (secondary N) is 2. The molecule has 53 heavy (non-hydrogen) atoms. The van der Waals surface area contributed by atoms with Gasteiger partial charge in [-0.05, 0) is 71.3 Å². The van der Waals surface area contributed by atoms with Gasteiger partial charge in [0.15, 0.2) is 0 Å². The van der Waals surface area contributed by atoms with Crippen LogP contribution in [0.3, 0.4) is 0 Å². The number of thiophene rings is 2. The predicted octanol–water partition coefficient (Wildman–Crippen LogP) is 3.74. The van der Waals surface area contributed by atoms with Gasteiger partial charge in [-0.2, -0.15) is 0 Å². The van der Waals surface area contributed by atoms with Crippen LogP contribution in [0.25, 0.3) is 21.9 Å². The third-order valence-electron chi connectivity index (χ3n) is 10.2. The molecule has 5 N–H and O–H groups in total. The van der Waals surface area contributed by atoms with Crippen LogP contribution >= 0.6 is 22.7 Å². The number of nitrogens with zero attached hydrogens (tertiary/aromatic N) is 4. The molecule has 276 valence electrons. The number of hydrogen-bond donors (Lipinski definition) is 5. The number of carbonyl (C=O) groups excluding carboxylic acids is 1. The van der Waals surface area contributed by atoms with E-state index >= 15 is 0 Å². The summed E-state index contributed by atoms with van der Waals surface area (Å²) in [6.45, 7) is 4.78. The third-order valence-corrected chi connectivity index (χ3v) is 12.2. The van der Waals surface area contributed by atoms with Crippen molar-refractivity contribution in [1.29, 1.82) is 0 Å². The van der Waals surface area contributed by atoms with E-state index in [1.165, 1.54) is 34.8 Å². The molecule has 15 heteroatoms. The Hall–Kier alpha value is -4.48. The maximum absolute atomic E-state index is 13.7. The van der Waals surface area contributed by atoms with Crippen molar-refractivity contribution in [1.82, 2.24) is 30.2 Å². The first-order chi connectivity index (χ1) is 25.8. The zero-order chi connectivity index (χ0) is 36.5. The van der Waals surface area contributed by atoms with Gasteiger partial charge in [-0.1, -0.05) is 29.5 Å². The number of fused-ring (bicyclic) bond motifs is 4. The lowest BCUT2D eigenvalue weighted by Crippen LogP contribution is -2.58. The maximum atomic E-state index is 13.7. The van der Waals surface area contributed by atoms with E-state index in [1.54, 1.807) is 24.3 Å². The second-order valence-corrected chi connectivity index (χ2v) is 15.7. The van der Waals surface area contributed by atoms with Gasteiger partial charge in [-0.3, -0.25) is 4.79 Å². The van der Waals surface area contributed by atoms with Crippen LogP contribution in [0, 0.1) is 11.8 Å². The summed E-state index contributed by atoms with van der Waals surface area (Å²) >= 11 is 2.68. The van der Waals surface area contributed by atoms with Crippen molar-refractivity contribution >= 4 is 50.6 Å². The molecule has 2 saturated heterocycles. The molecule has 2 bridgehead atoms. The number of H-pyrrole nitrogens is 1. The lowest BCUT2D eigenvalue weighted by molar-refractivity contribution is -0.192. The highest BCUT2D eigenvalue weighted by molar-refractivity contribution is 7.12. The van der Waals surface area contributed by atoms with Crippen LogP contribution in [0.1, 0.15) is 33.4 Å². The number of esters is 1. The molecule has 2 aromatic carbocycles. The van der Waals surface area contributed by atoms with E-state index in [4.69, 9.17) is 9.47 Å². The van der Waals surface area contributed by atoms with Crippen molar-refractivity contribution in [2.75, 3.05) is 39.4 Å². The minimum atomic E-state index is -1.83. The van der Waals surface area contributed by atoms with Crippen LogP contribution in [-0.4, -0.2) is 91.7 Å². The quantitative estimate of drug-likeness (QED) is 0.109. The molecule has 0 aliphatic carbocycles. The number of piperidine rings is 1. The molecule has 4 aromatic heterocycles. The number of aromatic nitrogens is 4. The zero-order valence-electron chi connectivity index (χ0n) is 28.8. The Labute approximate surface area is 312 Å². The molecule has 6 heterocycles. The second kappa shape index (κ2) is 15.1. The van der Waals surface area contributed by atoms with Crippen LogP contribution in [0.4, 0.5) is 0 Å². The van der Waals surface area contributed by atoms with Gasteiger partial charge in [0.25, 0.3) is 0 Å². The second-order valence-electron chi connectivity index (χ2n) is 13.8. The standard InChI is InChI=1S/C38H40N6O7S2/c45-30-10-7-26(27-8-11-34(47)40-35(27)30)31(46)18-39-17-23-6-9-29-28(16-23)41-42-44(29)13-3-12-43-19-24-21-50-22-25(20-43)36(24)51-37(48)38(49,32-4-1-14-52-32)33-5-2-15-53-33/h1-2,4-11,14-16,24-25,31,36,39,45-46,49H,3,12-13,17-22H2,(H,40,47)/t24?,25?,31-,36?/m0/s1. The van der Waals surface area contributed by atoms with E-state index in [1.807, 2.05) is 45.8 Å². The number of aromatic amines is 1. The highest BCUT2D eigenvalue weighted by Crippen LogP contribution is 2.39. The fraction of sp³-hybridized carbons (Fsp3) is 0.368. The predicted molar refractivity (Wildman–Crippen MR) is 201 cm³/mol. The Morgan fingerprint density at radius 2 is 1.79 bits per heavy atom. The van der Waals surface area contributed by atoms with Crippen LogP contribution in [0.2, 0.25) is 0 Å². The summed E-state index contributed by atoms with van der Waals surface area (Å²) in [6, 6.07) is 19.3. The van der Waals surface area contributed by atoms with Crippen LogP contribution in [0.15, 0.2) is 82.3 Å². The van der Waals surface area contributed by atoms with Gasteiger partial charge in [0.05, 0.1) is 40.1 Å². The molecule has 2 unspecified atom stereocenters. The van der Waals surface area contributed by atoms with E-state index < -0.39 is 17.7 Å². The third kappa shape index (κ3) is 7.13. The molecule has 2 fully saturated rings. The topological polar surface area (TPSA) is 175 Å². The largest absolute Gasteiger partial charge is 0.506 e. The first-order valence-electron chi connectivity index (χ1n) is 17.6. The molecule has 0 saturated carbocycles. The fourth-order valence-electron chi connectivity index (χ4n) is 7.62. The molecule has 6 aromatic rings. The minimum absolute atomic E-state index is 0.00803. The number of pyridine rings is 1. The average Bonchev–Trinajstić information content (AvgIpc) is 3.96. The van der Waals surface area contributed by atoms with Gasteiger partial charge in [-0.25, -0.2) is 9.48 Å². The summed E-state index contributed by atoms with van der Waals surface area (Å²) in [4.78, 5) is 31.6. The summed E-state index contributed by atoms with van der Waals surface area (Å²) in [5.41, 5.74) is 1.49. The van der Waals surface area contributed by atoms with Gasteiger partial charge < -0.3 is 40.0 Å². The molecule has 0 spiro atoms. The van der Waals surface area contributed by atoms with E-state index in [0.717, 1.165) is 42.7 Å². The monoisotopic (exact) mass is 756 g/mol. The molecule has 2 aliphatic rings. The Bertz CT molecular complexity index is 2210. The lowest BCUT2D eigenvalue weighted by atomic mass is 9.84. The number of rotatable bonds is 13. The van der Waals surface area contributed by atoms with E-state index in [2.05, 4.69) is 25.5 Å². The van der Waals surface area contributed by atoms with Crippen LogP contribution in [-0.2, 0) is 33.0 Å². The number of aromatic hydroxyl groups is 1. The SMILES string of the molecule is O=C(OC1C2COCC1CN(CCCn1nnc3cc(CNC[C@H](O)c4ccc(O)c5[nH]c(=O)ccc45)ccc31)C2)C(O)(c1cccs1)c1cccs1. The number of phenolic OH excluding ortho intramolecular Hbond substituents is 1. The zero-order valence-corrected chi connectivity index (χ0v) is 30.4. The van der Waals surface area contributed by atoms with Gasteiger partial charge in [-0.15, -0.1) is 27.8 Å². The number of aliphatic hydroxyl groups excluding tert-OH is 1. The summed E-state index contributed by atoms with van der Waals surface area (Å²) in [7, 11) is 0. The maximum Gasteiger partial charge on any atom is 0.349 e. The normalized spacial score (nSPS) is 19.8. The van der Waals surface area contributed by atoms with E-state index in [0.29, 0.717) is 52.5 Å². The number of aryl methyl sites for hydroxylation is 1. The van der Waals surface area contributed by atoms with Gasteiger partial charge in [0, 0.05) is 56.0 Å². The first-order valence-corrected chi connectivity index (χ1v) is 19.4. The number of carbonyl (C=O) groups is 1. The summed E-state index contributed by atoms with van der Waals surface area (Å²) in [5, 5.41) is 49.2. The van der Waals surface area contributed by atoms with E-state index in [-0.39, 0.29) is 35.8 Å². The smallest absolute Gasteiger partial charge is 0.349 e. The number of aliphatic hydroxyl groups is 2. The number of likely N-dealkylation sites (tertiary alicyclic amines) is 1. The summed E-state index contributed by atoms with van der Waals surface area (Å²) in [5.74, 6) is -0.659. The Morgan fingerprint density at radius 3 is 2.51 bits per heavy atom.